The maximum atomic E-state index is 13.6. The van der Waals surface area contributed by atoms with E-state index in [1.807, 2.05) is 12.1 Å². The van der Waals surface area contributed by atoms with Gasteiger partial charge in [0.15, 0.2) is 0 Å². The molecular formula is C13H13FN2O. The highest BCUT2D eigenvalue weighted by Crippen LogP contribution is 2.27. The van der Waals surface area contributed by atoms with Gasteiger partial charge in [0.05, 0.1) is 18.8 Å². The zero-order chi connectivity index (χ0) is 12.3. The van der Waals surface area contributed by atoms with Crippen LogP contribution in [-0.2, 0) is 0 Å². The summed E-state index contributed by atoms with van der Waals surface area (Å²) in [5.74, 6) is 0.218. The molecule has 0 saturated carbocycles. The van der Waals surface area contributed by atoms with Crippen LogP contribution in [0.4, 0.5) is 4.39 Å². The largest absolute Gasteiger partial charge is 0.496 e. The van der Waals surface area contributed by atoms with Crippen molar-refractivity contribution in [2.45, 2.75) is 6.04 Å². The van der Waals surface area contributed by atoms with Crippen molar-refractivity contribution in [3.8, 4) is 5.75 Å². The summed E-state index contributed by atoms with van der Waals surface area (Å²) in [6.07, 6.45) is 1.52. The first-order chi connectivity index (χ1) is 8.24. The van der Waals surface area contributed by atoms with Crippen LogP contribution in [0.5, 0.6) is 5.75 Å². The molecule has 1 heterocycles. The number of ether oxygens (including phenoxy) is 1. The summed E-state index contributed by atoms with van der Waals surface area (Å²) in [5.41, 5.74) is 6.95. The summed E-state index contributed by atoms with van der Waals surface area (Å²) in [5, 5.41) is 0. The van der Waals surface area contributed by atoms with Crippen molar-refractivity contribution in [1.82, 2.24) is 4.98 Å². The first kappa shape index (κ1) is 11.5. The average Bonchev–Trinajstić information content (AvgIpc) is 2.38. The number of benzene rings is 1. The number of para-hydroxylation sites is 1. The van der Waals surface area contributed by atoms with E-state index in [-0.39, 0.29) is 5.69 Å². The second-order valence-corrected chi connectivity index (χ2v) is 3.59. The van der Waals surface area contributed by atoms with Crippen molar-refractivity contribution in [1.29, 1.82) is 0 Å². The maximum Gasteiger partial charge on any atom is 0.146 e. The molecule has 0 amide bonds. The third kappa shape index (κ3) is 2.26. The highest BCUT2D eigenvalue weighted by Gasteiger charge is 2.17. The lowest BCUT2D eigenvalue weighted by Gasteiger charge is -2.15. The predicted octanol–water partition coefficient (Wildman–Crippen LogP) is 2.28. The van der Waals surface area contributed by atoms with Crippen LogP contribution in [0.2, 0.25) is 0 Å². The summed E-state index contributed by atoms with van der Waals surface area (Å²) in [4.78, 5) is 3.97. The molecule has 1 atom stereocenters. The van der Waals surface area contributed by atoms with Gasteiger partial charge in [-0.2, -0.15) is 0 Å². The second kappa shape index (κ2) is 4.93. The van der Waals surface area contributed by atoms with Crippen molar-refractivity contribution in [3.63, 3.8) is 0 Å². The normalized spacial score (nSPS) is 12.2. The van der Waals surface area contributed by atoms with Gasteiger partial charge in [-0.25, -0.2) is 4.39 Å². The smallest absolute Gasteiger partial charge is 0.146 e. The van der Waals surface area contributed by atoms with Crippen LogP contribution < -0.4 is 10.5 Å². The van der Waals surface area contributed by atoms with Crippen molar-refractivity contribution in [3.05, 3.63) is 59.7 Å². The minimum Gasteiger partial charge on any atom is -0.496 e. The zero-order valence-electron chi connectivity index (χ0n) is 9.43. The number of nitrogens with two attached hydrogens (primary N) is 1. The Kier molecular flexibility index (Phi) is 3.35. The van der Waals surface area contributed by atoms with E-state index in [2.05, 4.69) is 4.98 Å². The highest BCUT2D eigenvalue weighted by molar-refractivity contribution is 5.39. The maximum absolute atomic E-state index is 13.6. The van der Waals surface area contributed by atoms with Gasteiger partial charge in [-0.1, -0.05) is 18.2 Å². The molecule has 1 unspecified atom stereocenters. The average molecular weight is 232 g/mol. The minimum atomic E-state index is -0.632. The Labute approximate surface area is 99.1 Å². The van der Waals surface area contributed by atoms with Crippen molar-refractivity contribution >= 4 is 0 Å². The molecule has 0 radical (unpaired) electrons. The Morgan fingerprint density at radius 3 is 2.71 bits per heavy atom. The zero-order valence-corrected chi connectivity index (χ0v) is 9.43. The lowest BCUT2D eigenvalue weighted by atomic mass is 10.0. The minimum absolute atomic E-state index is 0.219. The molecular weight excluding hydrogens is 219 g/mol. The van der Waals surface area contributed by atoms with E-state index in [0.29, 0.717) is 11.3 Å². The van der Waals surface area contributed by atoms with Crippen LogP contribution in [0.25, 0.3) is 0 Å². The van der Waals surface area contributed by atoms with Gasteiger partial charge in [0.25, 0.3) is 0 Å². The number of hydrogen-bond donors (Lipinski definition) is 1. The lowest BCUT2D eigenvalue weighted by molar-refractivity contribution is 0.407. The quantitative estimate of drug-likeness (QED) is 0.883. The van der Waals surface area contributed by atoms with Crippen LogP contribution in [-0.4, -0.2) is 12.1 Å². The molecule has 2 aromatic rings. The molecule has 0 aliphatic carbocycles. The molecule has 17 heavy (non-hydrogen) atoms. The van der Waals surface area contributed by atoms with Gasteiger partial charge >= 0.3 is 0 Å². The molecule has 2 rings (SSSR count). The van der Waals surface area contributed by atoms with E-state index >= 15 is 0 Å². The van der Waals surface area contributed by atoms with Crippen LogP contribution in [0.15, 0.2) is 42.6 Å². The molecule has 0 aliphatic heterocycles. The second-order valence-electron chi connectivity index (χ2n) is 3.59. The third-order valence-electron chi connectivity index (χ3n) is 2.56. The molecule has 1 aromatic carbocycles. The van der Waals surface area contributed by atoms with E-state index in [4.69, 9.17) is 10.5 Å². The van der Waals surface area contributed by atoms with Gasteiger partial charge < -0.3 is 10.5 Å². The number of hydrogen-bond acceptors (Lipinski definition) is 3. The molecule has 3 nitrogen and oxygen atoms in total. The molecule has 0 aliphatic rings. The van der Waals surface area contributed by atoms with Crippen LogP contribution in [0.3, 0.4) is 0 Å². The third-order valence-corrected chi connectivity index (χ3v) is 2.56. The summed E-state index contributed by atoms with van der Waals surface area (Å²) < 4.78 is 18.8. The lowest BCUT2D eigenvalue weighted by Crippen LogP contribution is -2.16. The Morgan fingerprint density at radius 1 is 1.24 bits per heavy atom. The summed E-state index contributed by atoms with van der Waals surface area (Å²) in [6.45, 7) is 0. The van der Waals surface area contributed by atoms with Gasteiger partial charge in [0.1, 0.15) is 11.6 Å². The Bertz CT molecular complexity index is 516. The number of nitrogens with zero attached hydrogens (tertiary/aromatic N) is 1. The first-order valence-electron chi connectivity index (χ1n) is 5.23. The molecule has 4 heteroatoms. The van der Waals surface area contributed by atoms with Crippen LogP contribution in [0, 0.1) is 5.82 Å². The predicted molar refractivity (Wildman–Crippen MR) is 63.2 cm³/mol. The molecule has 0 bridgehead atoms. The summed E-state index contributed by atoms with van der Waals surface area (Å²) >= 11 is 0. The van der Waals surface area contributed by atoms with Gasteiger partial charge in [-0.05, 0) is 18.2 Å². The van der Waals surface area contributed by atoms with Crippen molar-refractivity contribution in [2.24, 2.45) is 5.73 Å². The topological polar surface area (TPSA) is 48.1 Å². The van der Waals surface area contributed by atoms with Gasteiger partial charge in [0, 0.05) is 11.8 Å². The van der Waals surface area contributed by atoms with Crippen LogP contribution in [0.1, 0.15) is 17.3 Å². The summed E-state index contributed by atoms with van der Waals surface area (Å²) in [6, 6.07) is 9.51. The van der Waals surface area contributed by atoms with Crippen molar-refractivity contribution < 1.29 is 9.13 Å². The monoisotopic (exact) mass is 232 g/mol. The van der Waals surface area contributed by atoms with E-state index in [1.165, 1.54) is 18.3 Å². The van der Waals surface area contributed by atoms with E-state index in [1.54, 1.807) is 19.2 Å². The number of pyridine rings is 1. The first-order valence-corrected chi connectivity index (χ1v) is 5.23. The molecule has 88 valence electrons. The fourth-order valence-corrected chi connectivity index (χ4v) is 1.70. The molecule has 0 spiro atoms. The SMILES string of the molecule is COc1ccccc1C(N)c1ncccc1F. The number of halogens is 1. The highest BCUT2D eigenvalue weighted by atomic mass is 19.1. The fourth-order valence-electron chi connectivity index (χ4n) is 1.70. The van der Waals surface area contributed by atoms with Gasteiger partial charge in [-0.3, -0.25) is 4.98 Å². The van der Waals surface area contributed by atoms with E-state index in [9.17, 15) is 4.39 Å². The summed E-state index contributed by atoms with van der Waals surface area (Å²) in [7, 11) is 1.56. The Balaban J connectivity index is 2.44. The van der Waals surface area contributed by atoms with E-state index in [0.717, 1.165) is 0 Å². The van der Waals surface area contributed by atoms with Crippen molar-refractivity contribution in [2.75, 3.05) is 7.11 Å². The van der Waals surface area contributed by atoms with Gasteiger partial charge in [0.2, 0.25) is 0 Å². The Morgan fingerprint density at radius 2 is 2.00 bits per heavy atom. The van der Waals surface area contributed by atoms with Gasteiger partial charge in [-0.15, -0.1) is 0 Å². The molecule has 0 saturated heterocycles. The van der Waals surface area contributed by atoms with Crippen LogP contribution >= 0.6 is 0 Å². The Hall–Kier alpha value is -1.94. The standard InChI is InChI=1S/C13H13FN2O/c1-17-11-7-3-2-5-9(11)12(15)13-10(14)6-4-8-16-13/h2-8,12H,15H2,1H3. The number of methoxy groups -OCH3 is 1. The fraction of sp³-hybridized carbons (Fsp3) is 0.154. The number of aromatic nitrogens is 1. The molecule has 1 aromatic heterocycles. The van der Waals surface area contributed by atoms with E-state index < -0.39 is 11.9 Å². The molecule has 2 N–H and O–H groups in total. The number of rotatable bonds is 3. The molecule has 0 fully saturated rings.